The Morgan fingerprint density at radius 2 is 1.86 bits per heavy atom. The minimum atomic E-state index is 0.196. The maximum Gasteiger partial charge on any atom is 0.0823 e. The number of hydrogen-bond donors (Lipinski definition) is 1. The van der Waals surface area contributed by atoms with Crippen LogP contribution in [0, 0.1) is 5.41 Å². The maximum absolute atomic E-state index is 5.90. The molecule has 2 heteroatoms. The number of hydrogen-bond acceptors (Lipinski definition) is 2. The molecule has 2 fully saturated rings. The predicted molar refractivity (Wildman–Crippen MR) is 60.5 cm³/mol. The van der Waals surface area contributed by atoms with E-state index in [9.17, 15) is 0 Å². The summed E-state index contributed by atoms with van der Waals surface area (Å²) in [4.78, 5) is 0. The van der Waals surface area contributed by atoms with Gasteiger partial charge < -0.3 is 10.1 Å². The van der Waals surface area contributed by atoms with E-state index in [1.807, 2.05) is 13.8 Å². The molecule has 0 saturated carbocycles. The van der Waals surface area contributed by atoms with Crippen molar-refractivity contribution < 1.29 is 4.74 Å². The van der Waals surface area contributed by atoms with Crippen LogP contribution >= 0.6 is 0 Å². The van der Waals surface area contributed by atoms with Crippen LogP contribution in [0.5, 0.6) is 0 Å². The zero-order chi connectivity index (χ0) is 10.7. The van der Waals surface area contributed by atoms with Crippen LogP contribution in [0.2, 0.25) is 0 Å². The van der Waals surface area contributed by atoms with Gasteiger partial charge in [0.2, 0.25) is 0 Å². The highest BCUT2D eigenvalue weighted by atomic mass is 16.5. The molecule has 0 aromatic carbocycles. The molecule has 0 aliphatic carbocycles. The molecular formula is C12H25NO. The van der Waals surface area contributed by atoms with Gasteiger partial charge in [0.1, 0.15) is 0 Å². The average Bonchev–Trinajstić information content (AvgIpc) is 2.54. The molecule has 0 aromatic heterocycles. The lowest BCUT2D eigenvalue weighted by Crippen LogP contribution is -2.44. The normalized spacial score (nSPS) is 35.1. The summed E-state index contributed by atoms with van der Waals surface area (Å²) in [7, 11) is 0. The second kappa shape index (κ2) is 4.63. The standard InChI is InChI=1S/C10H19NO.C2H6/c1-9(2)4-6-12-10(7-9)3-5-11-8-10;1-2/h11H,3-8H2,1-2H3;1-2H3. The lowest BCUT2D eigenvalue weighted by Gasteiger charge is -2.42. The lowest BCUT2D eigenvalue weighted by molar-refractivity contribution is -0.105. The number of ether oxygens (including phenoxy) is 1. The Morgan fingerprint density at radius 1 is 1.14 bits per heavy atom. The van der Waals surface area contributed by atoms with Gasteiger partial charge in [-0.3, -0.25) is 0 Å². The highest BCUT2D eigenvalue weighted by Crippen LogP contribution is 2.40. The second-order valence-electron chi connectivity index (χ2n) is 5.05. The summed E-state index contributed by atoms with van der Waals surface area (Å²) in [6.45, 7) is 11.9. The van der Waals surface area contributed by atoms with Crippen molar-refractivity contribution >= 4 is 0 Å². The van der Waals surface area contributed by atoms with E-state index >= 15 is 0 Å². The third kappa shape index (κ3) is 2.71. The van der Waals surface area contributed by atoms with Crippen molar-refractivity contribution in [2.75, 3.05) is 19.7 Å². The molecule has 0 radical (unpaired) electrons. The molecule has 2 nitrogen and oxygen atoms in total. The topological polar surface area (TPSA) is 21.3 Å². The summed E-state index contributed by atoms with van der Waals surface area (Å²) in [5.41, 5.74) is 0.687. The van der Waals surface area contributed by atoms with E-state index in [-0.39, 0.29) is 5.60 Å². The fourth-order valence-electron chi connectivity index (χ4n) is 2.55. The fraction of sp³-hybridized carbons (Fsp3) is 1.00. The Balaban J connectivity index is 0.000000461. The first kappa shape index (κ1) is 12.0. The molecule has 0 amide bonds. The Bertz CT molecular complexity index is 171. The summed E-state index contributed by atoms with van der Waals surface area (Å²) >= 11 is 0. The van der Waals surface area contributed by atoms with Crippen LogP contribution in [-0.2, 0) is 4.74 Å². The molecule has 2 aliphatic rings. The van der Waals surface area contributed by atoms with Gasteiger partial charge in [-0.2, -0.15) is 0 Å². The van der Waals surface area contributed by atoms with Gasteiger partial charge in [-0.05, 0) is 31.2 Å². The van der Waals surface area contributed by atoms with Gasteiger partial charge >= 0.3 is 0 Å². The van der Waals surface area contributed by atoms with Gasteiger partial charge in [0.15, 0.2) is 0 Å². The van der Waals surface area contributed by atoms with Crippen LogP contribution in [0.25, 0.3) is 0 Å². The van der Waals surface area contributed by atoms with Crippen molar-refractivity contribution in [3.8, 4) is 0 Å². The molecule has 1 atom stereocenters. The molecule has 1 N–H and O–H groups in total. The molecule has 0 aromatic rings. The van der Waals surface area contributed by atoms with E-state index in [0.717, 1.165) is 19.7 Å². The Morgan fingerprint density at radius 3 is 2.36 bits per heavy atom. The van der Waals surface area contributed by atoms with Gasteiger partial charge in [0.05, 0.1) is 5.60 Å². The van der Waals surface area contributed by atoms with Crippen molar-refractivity contribution in [1.29, 1.82) is 0 Å². The number of rotatable bonds is 0. The largest absolute Gasteiger partial charge is 0.374 e. The SMILES string of the molecule is CC.CC1(C)CCOC2(CCNC2)C1. The summed E-state index contributed by atoms with van der Waals surface area (Å²) in [6, 6.07) is 0. The van der Waals surface area contributed by atoms with E-state index in [1.165, 1.54) is 19.3 Å². The monoisotopic (exact) mass is 199 g/mol. The third-order valence-corrected chi connectivity index (χ3v) is 3.19. The van der Waals surface area contributed by atoms with Crippen molar-refractivity contribution in [2.24, 2.45) is 5.41 Å². The van der Waals surface area contributed by atoms with E-state index in [1.54, 1.807) is 0 Å². The molecule has 2 aliphatic heterocycles. The van der Waals surface area contributed by atoms with Crippen molar-refractivity contribution in [2.45, 2.75) is 52.6 Å². The Hall–Kier alpha value is -0.0800. The van der Waals surface area contributed by atoms with Crippen LogP contribution in [0.4, 0.5) is 0 Å². The second-order valence-corrected chi connectivity index (χ2v) is 5.05. The van der Waals surface area contributed by atoms with Crippen LogP contribution in [0.1, 0.15) is 47.0 Å². The third-order valence-electron chi connectivity index (χ3n) is 3.19. The Kier molecular flexibility index (Phi) is 3.96. The van der Waals surface area contributed by atoms with Crippen LogP contribution in [0.3, 0.4) is 0 Å². The average molecular weight is 199 g/mol. The molecule has 2 rings (SSSR count). The first-order valence-electron chi connectivity index (χ1n) is 5.97. The fourth-order valence-corrected chi connectivity index (χ4v) is 2.55. The van der Waals surface area contributed by atoms with Crippen molar-refractivity contribution in [3.05, 3.63) is 0 Å². The van der Waals surface area contributed by atoms with Gasteiger partial charge in [-0.1, -0.05) is 27.7 Å². The molecule has 1 spiro atoms. The summed E-state index contributed by atoms with van der Waals surface area (Å²) in [5.74, 6) is 0. The Labute approximate surface area is 88.4 Å². The molecule has 2 heterocycles. The van der Waals surface area contributed by atoms with E-state index in [0.29, 0.717) is 5.41 Å². The highest BCUT2D eigenvalue weighted by molar-refractivity contribution is 4.96. The van der Waals surface area contributed by atoms with Crippen LogP contribution < -0.4 is 5.32 Å². The maximum atomic E-state index is 5.90. The van der Waals surface area contributed by atoms with Gasteiger partial charge in [-0.15, -0.1) is 0 Å². The molecule has 0 bridgehead atoms. The highest BCUT2D eigenvalue weighted by Gasteiger charge is 2.42. The number of nitrogens with one attached hydrogen (secondary N) is 1. The first-order chi connectivity index (χ1) is 6.62. The predicted octanol–water partition coefficient (Wildman–Crippen LogP) is 2.58. The van der Waals surface area contributed by atoms with Crippen LogP contribution in [-0.4, -0.2) is 25.3 Å². The van der Waals surface area contributed by atoms with Crippen LogP contribution in [0.15, 0.2) is 0 Å². The van der Waals surface area contributed by atoms with E-state index in [2.05, 4.69) is 19.2 Å². The summed E-state index contributed by atoms with van der Waals surface area (Å²) < 4.78 is 5.90. The zero-order valence-corrected chi connectivity index (χ0v) is 10.2. The quantitative estimate of drug-likeness (QED) is 0.647. The zero-order valence-electron chi connectivity index (χ0n) is 10.2. The molecular weight excluding hydrogens is 174 g/mol. The minimum Gasteiger partial charge on any atom is -0.374 e. The molecule has 2 saturated heterocycles. The van der Waals surface area contributed by atoms with Gasteiger partial charge in [0.25, 0.3) is 0 Å². The lowest BCUT2D eigenvalue weighted by atomic mass is 9.75. The summed E-state index contributed by atoms with van der Waals surface area (Å²) in [5, 5.41) is 3.40. The van der Waals surface area contributed by atoms with Crippen molar-refractivity contribution in [3.63, 3.8) is 0 Å². The summed E-state index contributed by atoms with van der Waals surface area (Å²) in [6.07, 6.45) is 3.65. The minimum absolute atomic E-state index is 0.196. The van der Waals surface area contributed by atoms with E-state index < -0.39 is 0 Å². The molecule has 84 valence electrons. The molecule has 14 heavy (non-hydrogen) atoms. The van der Waals surface area contributed by atoms with Gasteiger partial charge in [-0.25, -0.2) is 0 Å². The van der Waals surface area contributed by atoms with Crippen molar-refractivity contribution in [1.82, 2.24) is 5.32 Å². The molecule has 1 unspecified atom stereocenters. The van der Waals surface area contributed by atoms with Gasteiger partial charge in [0, 0.05) is 13.2 Å². The smallest absolute Gasteiger partial charge is 0.0823 e. The first-order valence-corrected chi connectivity index (χ1v) is 5.97. The van der Waals surface area contributed by atoms with E-state index in [4.69, 9.17) is 4.74 Å².